The molecule has 0 radical (unpaired) electrons. The first-order valence-corrected chi connectivity index (χ1v) is 8.87. The number of benzene rings is 2. The summed E-state index contributed by atoms with van der Waals surface area (Å²) in [6.07, 6.45) is 5.43. The fourth-order valence-corrected chi connectivity index (χ4v) is 2.79. The molecule has 4 heteroatoms. The van der Waals surface area contributed by atoms with E-state index in [1.165, 1.54) is 0 Å². The highest BCUT2D eigenvalue weighted by Gasteiger charge is 2.08. The molecule has 0 amide bonds. The summed E-state index contributed by atoms with van der Waals surface area (Å²) in [4.78, 5) is 8.96. The van der Waals surface area contributed by atoms with E-state index in [-0.39, 0.29) is 0 Å². The Labute approximate surface area is 148 Å². The molecule has 0 aliphatic heterocycles. The number of ether oxygens (including phenoxy) is 1. The molecule has 0 aliphatic carbocycles. The molecule has 0 spiro atoms. The number of aliphatic hydroxyl groups excluding tert-OH is 1. The van der Waals surface area contributed by atoms with E-state index in [1.54, 1.807) is 6.20 Å². The van der Waals surface area contributed by atoms with E-state index in [9.17, 15) is 5.11 Å². The van der Waals surface area contributed by atoms with Crippen LogP contribution in [0.25, 0.3) is 11.0 Å². The molecule has 25 heavy (non-hydrogen) atoms. The summed E-state index contributed by atoms with van der Waals surface area (Å²) < 4.78 is 5.84. The number of aliphatic hydroxyl groups is 1. The number of unbranched alkanes of at least 4 members (excludes halogenated alkanes) is 2. The Morgan fingerprint density at radius 2 is 1.88 bits per heavy atom. The molecule has 130 valence electrons. The lowest BCUT2D eigenvalue weighted by Crippen LogP contribution is -2.01. The lowest BCUT2D eigenvalue weighted by molar-refractivity contribution is 0.163. The Bertz CT molecular complexity index is 820. The highest BCUT2D eigenvalue weighted by molar-refractivity contribution is 5.73. The number of para-hydroxylation sites is 2. The highest BCUT2D eigenvalue weighted by atomic mass is 16.5. The van der Waals surface area contributed by atoms with Crippen LogP contribution in [-0.2, 0) is 6.61 Å². The monoisotopic (exact) mass is 336 g/mol. The Hall–Kier alpha value is -2.46. The zero-order valence-electron chi connectivity index (χ0n) is 14.6. The van der Waals surface area contributed by atoms with E-state index >= 15 is 0 Å². The predicted molar refractivity (Wildman–Crippen MR) is 99.4 cm³/mol. The average molecular weight is 336 g/mol. The largest absolute Gasteiger partial charge is 0.487 e. The molecule has 1 N–H and O–H groups in total. The summed E-state index contributed by atoms with van der Waals surface area (Å²) in [5.41, 5.74) is 3.43. The van der Waals surface area contributed by atoms with Crippen molar-refractivity contribution in [3.05, 3.63) is 66.0 Å². The van der Waals surface area contributed by atoms with E-state index in [4.69, 9.17) is 4.74 Å². The van der Waals surface area contributed by atoms with Gasteiger partial charge < -0.3 is 9.84 Å². The van der Waals surface area contributed by atoms with Gasteiger partial charge in [0.05, 0.1) is 29.0 Å². The van der Waals surface area contributed by atoms with Gasteiger partial charge in [0.25, 0.3) is 0 Å². The van der Waals surface area contributed by atoms with Gasteiger partial charge in [0.15, 0.2) is 0 Å². The quantitative estimate of drug-likeness (QED) is 0.599. The molecule has 0 fully saturated rings. The summed E-state index contributed by atoms with van der Waals surface area (Å²) >= 11 is 0. The van der Waals surface area contributed by atoms with Gasteiger partial charge in [0.2, 0.25) is 0 Å². The number of rotatable bonds is 8. The maximum absolute atomic E-state index is 10.3. The fourth-order valence-electron chi connectivity index (χ4n) is 2.79. The average Bonchev–Trinajstić information content (AvgIpc) is 2.66. The van der Waals surface area contributed by atoms with Gasteiger partial charge in [-0.05, 0) is 36.2 Å². The van der Waals surface area contributed by atoms with Crippen LogP contribution < -0.4 is 4.74 Å². The molecular weight excluding hydrogens is 312 g/mol. The van der Waals surface area contributed by atoms with Crippen LogP contribution in [-0.4, -0.2) is 15.1 Å². The molecule has 1 heterocycles. The number of hydrogen-bond acceptors (Lipinski definition) is 4. The summed E-state index contributed by atoms with van der Waals surface area (Å²) in [6, 6.07) is 15.5. The summed E-state index contributed by atoms with van der Waals surface area (Å²) in [5, 5.41) is 10.3. The Kier molecular flexibility index (Phi) is 5.96. The number of hydrogen-bond donors (Lipinski definition) is 1. The first-order chi connectivity index (χ1) is 12.3. The van der Waals surface area contributed by atoms with Gasteiger partial charge in [0.1, 0.15) is 12.4 Å². The summed E-state index contributed by atoms with van der Waals surface area (Å²) in [6.45, 7) is 2.52. The van der Waals surface area contributed by atoms with Gasteiger partial charge in [-0.1, -0.05) is 50.5 Å². The SMILES string of the molecule is CCCCCC(O)c1cccc(OCc2cnc3ccccc3n2)c1. The van der Waals surface area contributed by atoms with Crippen LogP contribution in [0.4, 0.5) is 0 Å². The molecule has 0 aliphatic rings. The van der Waals surface area contributed by atoms with Gasteiger partial charge in [-0.3, -0.25) is 4.98 Å². The van der Waals surface area contributed by atoms with Crippen molar-refractivity contribution in [2.75, 3.05) is 0 Å². The van der Waals surface area contributed by atoms with E-state index < -0.39 is 6.10 Å². The minimum Gasteiger partial charge on any atom is -0.487 e. The first-order valence-electron chi connectivity index (χ1n) is 8.87. The third-order valence-electron chi connectivity index (χ3n) is 4.21. The van der Waals surface area contributed by atoms with Crippen molar-refractivity contribution >= 4 is 11.0 Å². The smallest absolute Gasteiger partial charge is 0.132 e. The fraction of sp³-hybridized carbons (Fsp3) is 0.333. The van der Waals surface area contributed by atoms with Gasteiger partial charge in [-0.15, -0.1) is 0 Å². The van der Waals surface area contributed by atoms with Crippen molar-refractivity contribution in [1.29, 1.82) is 0 Å². The Balaban J connectivity index is 1.63. The van der Waals surface area contributed by atoms with Crippen LogP contribution in [0.2, 0.25) is 0 Å². The molecule has 0 saturated carbocycles. The van der Waals surface area contributed by atoms with E-state index in [2.05, 4.69) is 16.9 Å². The maximum Gasteiger partial charge on any atom is 0.132 e. The highest BCUT2D eigenvalue weighted by Crippen LogP contribution is 2.24. The van der Waals surface area contributed by atoms with Crippen LogP contribution in [0.5, 0.6) is 5.75 Å². The summed E-state index contributed by atoms with van der Waals surface area (Å²) in [7, 11) is 0. The molecule has 1 aromatic heterocycles. The number of fused-ring (bicyclic) bond motifs is 1. The standard InChI is InChI=1S/C21H24N2O2/c1-2-3-4-12-21(24)16-8-7-9-18(13-16)25-15-17-14-22-19-10-5-6-11-20(19)23-17/h5-11,13-14,21,24H,2-4,12,15H2,1H3. The minimum atomic E-state index is -0.435. The first kappa shape index (κ1) is 17.4. The van der Waals surface area contributed by atoms with E-state index in [0.29, 0.717) is 6.61 Å². The predicted octanol–water partition coefficient (Wildman–Crippen LogP) is 4.82. The second-order valence-corrected chi connectivity index (χ2v) is 6.22. The zero-order chi connectivity index (χ0) is 17.5. The van der Waals surface area contributed by atoms with Crippen LogP contribution >= 0.6 is 0 Å². The van der Waals surface area contributed by atoms with Gasteiger partial charge >= 0.3 is 0 Å². The molecular formula is C21H24N2O2. The van der Waals surface area contributed by atoms with Gasteiger partial charge in [-0.2, -0.15) is 0 Å². The zero-order valence-corrected chi connectivity index (χ0v) is 14.6. The lowest BCUT2D eigenvalue weighted by atomic mass is 10.0. The van der Waals surface area contributed by atoms with E-state index in [0.717, 1.165) is 53.7 Å². The van der Waals surface area contributed by atoms with Crippen LogP contribution in [0.15, 0.2) is 54.7 Å². The molecule has 1 atom stereocenters. The second-order valence-electron chi connectivity index (χ2n) is 6.22. The van der Waals surface area contributed by atoms with Crippen LogP contribution in [0.3, 0.4) is 0 Å². The van der Waals surface area contributed by atoms with Gasteiger partial charge in [-0.25, -0.2) is 4.98 Å². The number of aromatic nitrogens is 2. The third-order valence-corrected chi connectivity index (χ3v) is 4.21. The molecule has 3 aromatic rings. The van der Waals surface area contributed by atoms with Crippen molar-refractivity contribution in [3.63, 3.8) is 0 Å². The lowest BCUT2D eigenvalue weighted by Gasteiger charge is -2.13. The molecule has 1 unspecified atom stereocenters. The second kappa shape index (κ2) is 8.58. The van der Waals surface area contributed by atoms with E-state index in [1.807, 2.05) is 48.5 Å². The Morgan fingerprint density at radius 1 is 1.04 bits per heavy atom. The van der Waals surface area contributed by atoms with Crippen molar-refractivity contribution in [1.82, 2.24) is 9.97 Å². The molecule has 0 bridgehead atoms. The van der Waals surface area contributed by atoms with Crippen molar-refractivity contribution in [2.45, 2.75) is 45.3 Å². The molecule has 2 aromatic carbocycles. The maximum atomic E-state index is 10.3. The molecule has 4 nitrogen and oxygen atoms in total. The summed E-state index contributed by atoms with van der Waals surface area (Å²) in [5.74, 6) is 0.738. The van der Waals surface area contributed by atoms with Crippen LogP contribution in [0, 0.1) is 0 Å². The molecule has 3 rings (SSSR count). The van der Waals surface area contributed by atoms with Gasteiger partial charge in [0, 0.05) is 0 Å². The van der Waals surface area contributed by atoms with Crippen molar-refractivity contribution < 1.29 is 9.84 Å². The number of nitrogens with zero attached hydrogens (tertiary/aromatic N) is 2. The van der Waals surface area contributed by atoms with Crippen molar-refractivity contribution in [2.24, 2.45) is 0 Å². The normalized spacial score (nSPS) is 12.2. The third kappa shape index (κ3) is 4.77. The molecule has 0 saturated heterocycles. The topological polar surface area (TPSA) is 55.2 Å². The van der Waals surface area contributed by atoms with Crippen molar-refractivity contribution in [3.8, 4) is 5.75 Å². The van der Waals surface area contributed by atoms with Crippen LogP contribution in [0.1, 0.15) is 50.0 Å². The minimum absolute atomic E-state index is 0.354. The Morgan fingerprint density at radius 3 is 2.72 bits per heavy atom.